The Labute approximate surface area is 192 Å². The molecule has 1 aromatic carbocycles. The summed E-state index contributed by atoms with van der Waals surface area (Å²) in [5.74, 6) is 1.65. The molecule has 0 aliphatic carbocycles. The van der Waals surface area contributed by atoms with Gasteiger partial charge in [-0.25, -0.2) is 14.4 Å². The van der Waals surface area contributed by atoms with Crippen LogP contribution >= 0.6 is 12.4 Å². The molecule has 0 unspecified atom stereocenters. The number of halogens is 2. The molecule has 0 saturated carbocycles. The Kier molecular flexibility index (Phi) is 7.37. The number of anilines is 3. The molecule has 32 heavy (non-hydrogen) atoms. The summed E-state index contributed by atoms with van der Waals surface area (Å²) >= 11 is 0. The zero-order valence-corrected chi connectivity index (χ0v) is 18.8. The fourth-order valence-corrected chi connectivity index (χ4v) is 3.16. The molecule has 0 aliphatic heterocycles. The van der Waals surface area contributed by atoms with Gasteiger partial charge in [-0.1, -0.05) is 12.1 Å². The van der Waals surface area contributed by atoms with E-state index in [2.05, 4.69) is 44.5 Å². The van der Waals surface area contributed by atoms with E-state index in [0.29, 0.717) is 17.5 Å². The number of pyridine rings is 1. The highest BCUT2D eigenvalue weighted by Gasteiger charge is 2.12. The van der Waals surface area contributed by atoms with Crippen LogP contribution in [0.2, 0.25) is 0 Å². The van der Waals surface area contributed by atoms with Crippen molar-refractivity contribution >= 4 is 29.9 Å². The van der Waals surface area contributed by atoms with Crippen molar-refractivity contribution in [1.29, 1.82) is 0 Å². The molecule has 1 atom stereocenters. The molecule has 0 fully saturated rings. The van der Waals surface area contributed by atoms with Crippen LogP contribution in [0.3, 0.4) is 0 Å². The van der Waals surface area contributed by atoms with Crippen molar-refractivity contribution in [3.63, 3.8) is 0 Å². The average molecular weight is 454 g/mol. The minimum Gasteiger partial charge on any atom is -0.363 e. The van der Waals surface area contributed by atoms with Crippen LogP contribution in [-0.2, 0) is 0 Å². The minimum absolute atomic E-state index is 0. The lowest BCUT2D eigenvalue weighted by molar-refractivity contribution is 0.532. The topological polar surface area (TPSA) is 80.5 Å². The summed E-state index contributed by atoms with van der Waals surface area (Å²) in [4.78, 5) is 13.0. The molecule has 9 heteroatoms. The van der Waals surface area contributed by atoms with Crippen LogP contribution in [0.15, 0.2) is 67.4 Å². The molecule has 3 heterocycles. The van der Waals surface area contributed by atoms with Crippen LogP contribution in [-0.4, -0.2) is 24.7 Å². The number of rotatable bonds is 7. The van der Waals surface area contributed by atoms with Gasteiger partial charge < -0.3 is 10.6 Å². The molecule has 0 spiro atoms. The van der Waals surface area contributed by atoms with Gasteiger partial charge in [0, 0.05) is 36.2 Å². The summed E-state index contributed by atoms with van der Waals surface area (Å²) in [5, 5.41) is 11.1. The first-order valence-corrected chi connectivity index (χ1v) is 10.1. The first kappa shape index (κ1) is 23.1. The maximum absolute atomic E-state index is 13.3. The van der Waals surface area contributed by atoms with Gasteiger partial charge in [0.05, 0.1) is 12.4 Å². The number of nitrogens with zero attached hydrogens (tertiary/aromatic N) is 5. The fraction of sp³-hybridized carbons (Fsp3) is 0.217. The molecule has 4 rings (SSSR count). The normalized spacial score (nSPS) is 11.7. The number of nitrogens with one attached hydrogen (secondary N) is 2. The number of hydrogen-bond acceptors (Lipinski definition) is 6. The third-order valence-corrected chi connectivity index (χ3v) is 4.84. The van der Waals surface area contributed by atoms with Crippen molar-refractivity contribution in [1.82, 2.24) is 24.7 Å². The van der Waals surface area contributed by atoms with Gasteiger partial charge in [0.15, 0.2) is 0 Å². The molecule has 0 amide bonds. The molecule has 3 aromatic heterocycles. The monoisotopic (exact) mass is 453 g/mol. The third kappa shape index (κ3) is 5.59. The van der Waals surface area contributed by atoms with Crippen molar-refractivity contribution < 1.29 is 4.39 Å². The second-order valence-corrected chi connectivity index (χ2v) is 7.56. The highest BCUT2D eigenvalue weighted by molar-refractivity contribution is 5.85. The summed E-state index contributed by atoms with van der Waals surface area (Å²) in [6, 6.07) is 10.6. The van der Waals surface area contributed by atoms with E-state index in [1.54, 1.807) is 30.7 Å². The van der Waals surface area contributed by atoms with Gasteiger partial charge in [-0.05, 0) is 56.2 Å². The Bertz CT molecular complexity index is 1150. The standard InChI is InChI=1S/C23H24FN7.ClH/c1-15(2)31-14-19(12-27-31)18-10-21(28-16(3)17-4-6-20(24)7-5-17)29-22(11-18)30-23-13-25-8-9-26-23;/h4-16H,1-3H3,(H2,26,28,29,30);1H/t16-;/m0./s1. The van der Waals surface area contributed by atoms with E-state index < -0.39 is 0 Å². The third-order valence-electron chi connectivity index (χ3n) is 4.84. The first-order chi connectivity index (χ1) is 15.0. The summed E-state index contributed by atoms with van der Waals surface area (Å²) in [6.07, 6.45) is 8.73. The molecular weight excluding hydrogens is 429 g/mol. The van der Waals surface area contributed by atoms with Gasteiger partial charge >= 0.3 is 0 Å². The largest absolute Gasteiger partial charge is 0.363 e. The highest BCUT2D eigenvalue weighted by Crippen LogP contribution is 2.28. The van der Waals surface area contributed by atoms with Crippen molar-refractivity contribution in [3.05, 3.63) is 78.8 Å². The number of aromatic nitrogens is 5. The predicted octanol–water partition coefficient (Wildman–Crippen LogP) is 5.79. The smallest absolute Gasteiger partial charge is 0.150 e. The van der Waals surface area contributed by atoms with E-state index in [1.165, 1.54) is 12.1 Å². The fourth-order valence-electron chi connectivity index (χ4n) is 3.16. The van der Waals surface area contributed by atoms with Crippen LogP contribution in [0.4, 0.5) is 21.8 Å². The van der Waals surface area contributed by atoms with Crippen molar-refractivity contribution in [3.8, 4) is 11.1 Å². The first-order valence-electron chi connectivity index (χ1n) is 10.1. The lowest BCUT2D eigenvalue weighted by Gasteiger charge is -2.17. The van der Waals surface area contributed by atoms with Crippen molar-refractivity contribution in [2.75, 3.05) is 10.6 Å². The Hall–Kier alpha value is -3.52. The summed E-state index contributed by atoms with van der Waals surface area (Å²) in [5.41, 5.74) is 2.91. The van der Waals surface area contributed by atoms with E-state index in [1.807, 2.05) is 36.1 Å². The second kappa shape index (κ2) is 10.2. The lowest BCUT2D eigenvalue weighted by Crippen LogP contribution is -2.09. The Morgan fingerprint density at radius 1 is 0.906 bits per heavy atom. The zero-order chi connectivity index (χ0) is 21.8. The SMILES string of the molecule is CC(C)n1cc(-c2cc(Nc3cnccn3)nc(N[C@@H](C)c3ccc(F)cc3)c2)cn1.Cl. The van der Waals surface area contributed by atoms with E-state index in [-0.39, 0.29) is 30.3 Å². The van der Waals surface area contributed by atoms with E-state index in [4.69, 9.17) is 0 Å². The zero-order valence-electron chi connectivity index (χ0n) is 18.0. The Morgan fingerprint density at radius 3 is 2.31 bits per heavy atom. The molecule has 0 radical (unpaired) electrons. The second-order valence-electron chi connectivity index (χ2n) is 7.56. The minimum atomic E-state index is -0.256. The molecule has 0 saturated heterocycles. The van der Waals surface area contributed by atoms with Gasteiger partial charge in [-0.3, -0.25) is 9.67 Å². The average Bonchev–Trinajstić information content (AvgIpc) is 3.25. The van der Waals surface area contributed by atoms with Crippen LogP contribution in [0.1, 0.15) is 38.4 Å². The lowest BCUT2D eigenvalue weighted by atomic mass is 10.1. The molecule has 166 valence electrons. The predicted molar refractivity (Wildman–Crippen MR) is 127 cm³/mol. The van der Waals surface area contributed by atoms with Crippen molar-refractivity contribution in [2.45, 2.75) is 32.9 Å². The molecular formula is C23H25ClFN7. The Balaban J connectivity index is 0.00000289. The van der Waals surface area contributed by atoms with Crippen LogP contribution in [0.5, 0.6) is 0 Å². The maximum Gasteiger partial charge on any atom is 0.150 e. The Morgan fingerprint density at radius 2 is 1.66 bits per heavy atom. The quantitative estimate of drug-likeness (QED) is 0.368. The van der Waals surface area contributed by atoms with Gasteiger partial charge in [0.25, 0.3) is 0 Å². The molecule has 7 nitrogen and oxygen atoms in total. The van der Waals surface area contributed by atoms with Crippen LogP contribution in [0, 0.1) is 5.82 Å². The molecule has 4 aromatic rings. The van der Waals surface area contributed by atoms with E-state index >= 15 is 0 Å². The summed E-state index contributed by atoms with van der Waals surface area (Å²) < 4.78 is 15.2. The highest BCUT2D eigenvalue weighted by atomic mass is 35.5. The van der Waals surface area contributed by atoms with E-state index in [0.717, 1.165) is 16.7 Å². The van der Waals surface area contributed by atoms with E-state index in [9.17, 15) is 4.39 Å². The van der Waals surface area contributed by atoms with Gasteiger partial charge in [-0.15, -0.1) is 12.4 Å². The molecule has 0 bridgehead atoms. The summed E-state index contributed by atoms with van der Waals surface area (Å²) in [7, 11) is 0. The maximum atomic E-state index is 13.3. The van der Waals surface area contributed by atoms with Gasteiger partial charge in [-0.2, -0.15) is 5.10 Å². The van der Waals surface area contributed by atoms with Crippen LogP contribution in [0.25, 0.3) is 11.1 Å². The van der Waals surface area contributed by atoms with Crippen molar-refractivity contribution in [2.24, 2.45) is 0 Å². The molecule has 2 N–H and O–H groups in total. The number of hydrogen-bond donors (Lipinski definition) is 2. The van der Waals surface area contributed by atoms with Crippen LogP contribution < -0.4 is 10.6 Å². The molecule has 0 aliphatic rings. The number of benzene rings is 1. The summed E-state index contributed by atoms with van der Waals surface area (Å²) in [6.45, 7) is 6.18. The van der Waals surface area contributed by atoms with Gasteiger partial charge in [0.1, 0.15) is 23.3 Å². The van der Waals surface area contributed by atoms with Gasteiger partial charge in [0.2, 0.25) is 0 Å².